The zero-order valence-corrected chi connectivity index (χ0v) is 15.0. The molecule has 0 unspecified atom stereocenters. The van der Waals surface area contributed by atoms with E-state index in [1.165, 1.54) is 0 Å². The zero-order chi connectivity index (χ0) is 17.4. The van der Waals surface area contributed by atoms with Gasteiger partial charge < -0.3 is 10.6 Å². The summed E-state index contributed by atoms with van der Waals surface area (Å²) in [5, 5.41) is 1.96. The predicted octanol–water partition coefficient (Wildman–Crippen LogP) is 4.26. The number of hydrogen-bond donors (Lipinski definition) is 1. The van der Waals surface area contributed by atoms with Crippen LogP contribution < -0.4 is 10.6 Å². The van der Waals surface area contributed by atoms with Gasteiger partial charge in [-0.25, -0.2) is 0 Å². The molecule has 0 saturated carbocycles. The number of amides is 1. The number of hydrogen-bond acceptors (Lipinski definition) is 3. The Morgan fingerprint density at radius 3 is 2.76 bits per heavy atom. The highest BCUT2D eigenvalue weighted by Gasteiger charge is 2.23. The number of carbonyl (C=O) groups excluding carboxylic acids is 1. The number of benzene rings is 3. The van der Waals surface area contributed by atoms with E-state index >= 15 is 0 Å². The van der Waals surface area contributed by atoms with E-state index in [-0.39, 0.29) is 5.91 Å². The smallest absolute Gasteiger partial charge is 0.258 e. The highest BCUT2D eigenvalue weighted by atomic mass is 79.9. The van der Waals surface area contributed by atoms with Crippen molar-refractivity contribution in [1.82, 2.24) is 0 Å². The SMILES string of the molecule is Nc1ccc2c(c1)C=NCCN2C(=O)c1cccc2c(Br)cccc12. The van der Waals surface area contributed by atoms with Crippen molar-refractivity contribution < 1.29 is 4.79 Å². The van der Waals surface area contributed by atoms with Crippen molar-refractivity contribution in [2.45, 2.75) is 0 Å². The first kappa shape index (κ1) is 15.8. The fraction of sp³-hybridized carbons (Fsp3) is 0.100. The molecule has 4 rings (SSSR count). The van der Waals surface area contributed by atoms with Crippen LogP contribution in [-0.4, -0.2) is 25.2 Å². The Labute approximate surface area is 154 Å². The van der Waals surface area contributed by atoms with Crippen molar-refractivity contribution in [1.29, 1.82) is 0 Å². The Bertz CT molecular complexity index is 1010. The van der Waals surface area contributed by atoms with Crippen molar-refractivity contribution >= 4 is 50.2 Å². The molecule has 0 spiro atoms. The fourth-order valence-electron chi connectivity index (χ4n) is 3.18. The molecule has 0 bridgehead atoms. The summed E-state index contributed by atoms with van der Waals surface area (Å²) in [5.41, 5.74) is 8.94. The van der Waals surface area contributed by atoms with E-state index in [2.05, 4.69) is 20.9 Å². The lowest BCUT2D eigenvalue weighted by Crippen LogP contribution is -2.33. The quantitative estimate of drug-likeness (QED) is 0.627. The van der Waals surface area contributed by atoms with Crippen LogP contribution in [-0.2, 0) is 0 Å². The van der Waals surface area contributed by atoms with E-state index in [0.29, 0.717) is 24.3 Å². The lowest BCUT2D eigenvalue weighted by molar-refractivity contribution is 0.0989. The first-order valence-corrected chi connectivity index (χ1v) is 8.83. The number of nitrogens with zero attached hydrogens (tertiary/aromatic N) is 2. The van der Waals surface area contributed by atoms with Crippen LogP contribution in [0.1, 0.15) is 15.9 Å². The lowest BCUT2D eigenvalue weighted by Gasteiger charge is -2.23. The third-order valence-electron chi connectivity index (χ3n) is 4.37. The molecular weight excluding hydrogens is 378 g/mol. The molecule has 0 aliphatic carbocycles. The predicted molar refractivity (Wildman–Crippen MR) is 107 cm³/mol. The van der Waals surface area contributed by atoms with Crippen LogP contribution in [0, 0.1) is 0 Å². The van der Waals surface area contributed by atoms with E-state index in [4.69, 9.17) is 5.73 Å². The summed E-state index contributed by atoms with van der Waals surface area (Å²) in [5.74, 6) is -0.0276. The molecule has 3 aromatic rings. The lowest BCUT2D eigenvalue weighted by atomic mass is 10.0. The maximum atomic E-state index is 13.3. The second kappa shape index (κ2) is 6.33. The Balaban J connectivity index is 1.84. The normalized spacial score (nSPS) is 13.6. The Morgan fingerprint density at radius 2 is 1.88 bits per heavy atom. The van der Waals surface area contributed by atoms with Gasteiger partial charge in [-0.15, -0.1) is 0 Å². The fourth-order valence-corrected chi connectivity index (χ4v) is 3.68. The molecule has 0 aromatic heterocycles. The molecule has 1 amide bonds. The molecule has 0 radical (unpaired) electrons. The number of aliphatic imine (C=N–C) groups is 1. The van der Waals surface area contributed by atoms with E-state index in [1.54, 1.807) is 11.1 Å². The number of nitrogens with two attached hydrogens (primary N) is 1. The van der Waals surface area contributed by atoms with E-state index in [1.807, 2.05) is 54.6 Å². The molecule has 0 fully saturated rings. The van der Waals surface area contributed by atoms with E-state index in [0.717, 1.165) is 26.5 Å². The molecule has 124 valence electrons. The van der Waals surface area contributed by atoms with Gasteiger partial charge in [0.1, 0.15) is 0 Å². The van der Waals surface area contributed by atoms with Gasteiger partial charge in [0, 0.05) is 34.0 Å². The molecule has 2 N–H and O–H groups in total. The zero-order valence-electron chi connectivity index (χ0n) is 13.4. The van der Waals surface area contributed by atoms with Crippen molar-refractivity contribution in [3.63, 3.8) is 0 Å². The van der Waals surface area contributed by atoms with E-state index < -0.39 is 0 Å². The first-order valence-electron chi connectivity index (χ1n) is 8.03. The maximum absolute atomic E-state index is 13.3. The summed E-state index contributed by atoms with van der Waals surface area (Å²) in [6.07, 6.45) is 1.79. The topological polar surface area (TPSA) is 58.7 Å². The number of rotatable bonds is 1. The number of anilines is 2. The molecule has 0 saturated heterocycles. The second-order valence-corrected chi connectivity index (χ2v) is 6.81. The molecule has 5 heteroatoms. The summed E-state index contributed by atoms with van der Waals surface area (Å²) in [4.78, 5) is 19.5. The van der Waals surface area contributed by atoms with Gasteiger partial charge in [0.15, 0.2) is 0 Å². The minimum absolute atomic E-state index is 0.0276. The van der Waals surface area contributed by atoms with Crippen LogP contribution in [0.3, 0.4) is 0 Å². The van der Waals surface area contributed by atoms with Crippen LogP contribution in [0.15, 0.2) is 64.1 Å². The number of fused-ring (bicyclic) bond motifs is 2. The van der Waals surface area contributed by atoms with Crippen LogP contribution in [0.5, 0.6) is 0 Å². The van der Waals surface area contributed by atoms with E-state index in [9.17, 15) is 4.79 Å². The molecule has 0 atom stereocenters. The highest BCUT2D eigenvalue weighted by molar-refractivity contribution is 9.10. The third-order valence-corrected chi connectivity index (χ3v) is 5.06. The maximum Gasteiger partial charge on any atom is 0.258 e. The summed E-state index contributed by atoms with van der Waals surface area (Å²) in [7, 11) is 0. The van der Waals surface area contributed by atoms with Crippen LogP contribution in [0.2, 0.25) is 0 Å². The van der Waals surface area contributed by atoms with Gasteiger partial charge >= 0.3 is 0 Å². The minimum atomic E-state index is -0.0276. The molecule has 1 aliphatic heterocycles. The second-order valence-electron chi connectivity index (χ2n) is 5.95. The van der Waals surface area contributed by atoms with Crippen LogP contribution in [0.4, 0.5) is 11.4 Å². The van der Waals surface area contributed by atoms with Crippen molar-refractivity contribution in [2.75, 3.05) is 23.7 Å². The summed E-state index contributed by atoms with van der Waals surface area (Å²) in [6, 6.07) is 17.3. The molecule has 1 heterocycles. The molecule has 25 heavy (non-hydrogen) atoms. The van der Waals surface area contributed by atoms with Gasteiger partial charge in [-0.3, -0.25) is 9.79 Å². The average molecular weight is 394 g/mol. The summed E-state index contributed by atoms with van der Waals surface area (Å²) < 4.78 is 0.979. The molecular formula is C20H16BrN3O. The summed E-state index contributed by atoms with van der Waals surface area (Å²) in [6.45, 7) is 1.10. The Morgan fingerprint density at radius 1 is 1.08 bits per heavy atom. The highest BCUT2D eigenvalue weighted by Crippen LogP contribution is 2.30. The monoisotopic (exact) mass is 393 g/mol. The number of halogens is 1. The number of benzodiazepines with no additional fused rings is 1. The Kier molecular flexibility index (Phi) is 4.01. The largest absolute Gasteiger partial charge is 0.399 e. The average Bonchev–Trinajstić information content (AvgIpc) is 2.83. The van der Waals surface area contributed by atoms with Crippen molar-refractivity contribution in [3.8, 4) is 0 Å². The van der Waals surface area contributed by atoms with Gasteiger partial charge in [0.25, 0.3) is 5.91 Å². The summed E-state index contributed by atoms with van der Waals surface area (Å²) >= 11 is 3.56. The first-order chi connectivity index (χ1) is 12.1. The van der Waals surface area contributed by atoms with Gasteiger partial charge in [-0.2, -0.15) is 0 Å². The number of nitrogen functional groups attached to an aromatic ring is 1. The van der Waals surface area contributed by atoms with Crippen molar-refractivity contribution in [2.24, 2.45) is 4.99 Å². The van der Waals surface area contributed by atoms with Gasteiger partial charge in [0.05, 0.1) is 12.2 Å². The van der Waals surface area contributed by atoms with Crippen LogP contribution >= 0.6 is 15.9 Å². The third kappa shape index (κ3) is 2.81. The Hall–Kier alpha value is -2.66. The van der Waals surface area contributed by atoms with Gasteiger partial charge in [-0.1, -0.05) is 40.2 Å². The molecule has 1 aliphatic rings. The standard InChI is InChI=1S/C20H16BrN3O/c21-18-6-2-3-15-16(18)4-1-5-17(15)20(25)24-10-9-23-12-13-11-14(22)7-8-19(13)24/h1-8,11-12H,9-10,22H2. The van der Waals surface area contributed by atoms with Gasteiger partial charge in [0.2, 0.25) is 0 Å². The van der Waals surface area contributed by atoms with Gasteiger partial charge in [-0.05, 0) is 41.1 Å². The molecule has 4 nitrogen and oxygen atoms in total. The minimum Gasteiger partial charge on any atom is -0.399 e. The molecule has 3 aromatic carbocycles. The van der Waals surface area contributed by atoms with Crippen molar-refractivity contribution in [3.05, 3.63) is 70.2 Å². The van der Waals surface area contributed by atoms with Crippen LogP contribution in [0.25, 0.3) is 10.8 Å². The number of carbonyl (C=O) groups is 1.